The lowest BCUT2D eigenvalue weighted by atomic mass is 10.0. The lowest BCUT2D eigenvalue weighted by Crippen LogP contribution is -2.45. The Morgan fingerprint density at radius 3 is 2.23 bits per heavy atom. The summed E-state index contributed by atoms with van der Waals surface area (Å²) in [5.41, 5.74) is 4.05. The van der Waals surface area contributed by atoms with Gasteiger partial charge in [0, 0.05) is 6.54 Å². The summed E-state index contributed by atoms with van der Waals surface area (Å²) in [5, 5.41) is 9.11. The van der Waals surface area contributed by atoms with Crippen LogP contribution >= 0.6 is 0 Å². The molecule has 10 heteroatoms. The Bertz CT molecular complexity index is 1630. The highest BCUT2D eigenvalue weighted by Gasteiger charge is 2.47. The van der Waals surface area contributed by atoms with Crippen molar-refractivity contribution in [3.63, 3.8) is 0 Å². The molecule has 2 aliphatic rings. The minimum absolute atomic E-state index is 0.0664. The molecule has 0 saturated carbocycles. The van der Waals surface area contributed by atoms with E-state index in [1.165, 1.54) is 24.3 Å². The molecule has 1 fully saturated rings. The van der Waals surface area contributed by atoms with Gasteiger partial charge in [-0.3, -0.25) is 9.59 Å². The number of benzene rings is 3. The van der Waals surface area contributed by atoms with Gasteiger partial charge in [-0.05, 0) is 91.9 Å². The number of fused-ring (bicyclic) bond motifs is 1. The van der Waals surface area contributed by atoms with Crippen molar-refractivity contribution in [1.82, 2.24) is 4.31 Å². The van der Waals surface area contributed by atoms with Crippen LogP contribution < -0.4 is 14.4 Å². The zero-order chi connectivity index (χ0) is 28.1. The van der Waals surface area contributed by atoms with Gasteiger partial charge < -0.3 is 9.47 Å². The van der Waals surface area contributed by atoms with Crippen LogP contribution in [0.2, 0.25) is 0 Å². The summed E-state index contributed by atoms with van der Waals surface area (Å²) >= 11 is 0. The normalized spacial score (nSPS) is 16.7. The highest BCUT2D eigenvalue weighted by atomic mass is 32.2. The quantitative estimate of drug-likeness (QED) is 0.429. The van der Waals surface area contributed by atoms with E-state index in [2.05, 4.69) is 0 Å². The molecule has 1 unspecified atom stereocenters. The maximum atomic E-state index is 14.4. The van der Waals surface area contributed by atoms with Gasteiger partial charge in [0.05, 0.1) is 28.6 Å². The molecule has 0 N–H and O–H groups in total. The molecule has 200 valence electrons. The van der Waals surface area contributed by atoms with Gasteiger partial charge in [-0.15, -0.1) is 0 Å². The van der Waals surface area contributed by atoms with Crippen LogP contribution in [0.3, 0.4) is 0 Å². The molecule has 0 aliphatic carbocycles. The molecule has 9 nitrogen and oxygen atoms in total. The van der Waals surface area contributed by atoms with Crippen LogP contribution in [0.5, 0.6) is 11.5 Å². The Hall–Kier alpha value is -4.20. The van der Waals surface area contributed by atoms with Crippen molar-refractivity contribution in [2.75, 3.05) is 11.7 Å². The predicted molar refractivity (Wildman–Crippen MR) is 143 cm³/mol. The molecule has 1 atom stereocenters. The number of aryl methyl sites for hydroxylation is 2. The Labute approximate surface area is 227 Å². The molecule has 3 aromatic carbocycles. The lowest BCUT2D eigenvalue weighted by Gasteiger charge is -2.29. The minimum atomic E-state index is -4.26. The lowest BCUT2D eigenvalue weighted by molar-refractivity contribution is -0.122. The van der Waals surface area contributed by atoms with Crippen LogP contribution in [0.1, 0.15) is 39.8 Å². The summed E-state index contributed by atoms with van der Waals surface area (Å²) in [6.07, 6.45) is -0.314. The van der Waals surface area contributed by atoms with Crippen molar-refractivity contribution in [3.8, 4) is 17.6 Å². The summed E-state index contributed by atoms with van der Waals surface area (Å²) in [4.78, 5) is 28.0. The molecule has 0 bridgehead atoms. The maximum Gasteiger partial charge on any atom is 0.252 e. The van der Waals surface area contributed by atoms with Gasteiger partial charge in [-0.1, -0.05) is 12.1 Å². The van der Waals surface area contributed by atoms with E-state index in [4.69, 9.17) is 14.7 Å². The zero-order valence-corrected chi connectivity index (χ0v) is 22.8. The van der Waals surface area contributed by atoms with Crippen molar-refractivity contribution in [1.29, 1.82) is 5.26 Å². The Balaban J connectivity index is 1.61. The Kier molecular flexibility index (Phi) is 6.66. The number of hydrogen-bond donors (Lipinski definition) is 0. The van der Waals surface area contributed by atoms with Crippen LogP contribution in [0.25, 0.3) is 0 Å². The van der Waals surface area contributed by atoms with Crippen LogP contribution in [0, 0.1) is 39.0 Å². The zero-order valence-electron chi connectivity index (χ0n) is 22.0. The highest BCUT2D eigenvalue weighted by molar-refractivity contribution is 7.89. The molecule has 3 aromatic rings. The number of carbonyl (C=O) groups is 2. The summed E-state index contributed by atoms with van der Waals surface area (Å²) in [7, 11) is -4.26. The average molecular weight is 546 g/mol. The van der Waals surface area contributed by atoms with Crippen molar-refractivity contribution in [2.45, 2.75) is 51.6 Å². The Morgan fingerprint density at radius 1 is 0.949 bits per heavy atom. The number of amides is 2. The van der Waals surface area contributed by atoms with E-state index in [1.807, 2.05) is 26.0 Å². The maximum absolute atomic E-state index is 14.4. The van der Waals surface area contributed by atoms with Gasteiger partial charge in [0.1, 0.15) is 6.04 Å². The first-order chi connectivity index (χ1) is 18.5. The number of ether oxygens (including phenoxy) is 2. The third-order valence-corrected chi connectivity index (χ3v) is 9.49. The SMILES string of the molecule is Cc1cc(C)c(C)c(S(=O)(=O)N(Cc2ccc3c(c2)OCO3)C2CC(=O)N(c3ccc(C#N)cc3)C2=O)c1C. The van der Waals surface area contributed by atoms with Gasteiger partial charge >= 0.3 is 0 Å². The van der Waals surface area contributed by atoms with Crippen LogP contribution in [-0.4, -0.2) is 37.4 Å². The summed E-state index contributed by atoms with van der Waals surface area (Å²) in [5.74, 6) is -0.131. The van der Waals surface area contributed by atoms with Gasteiger partial charge in [0.25, 0.3) is 5.91 Å². The second-order valence-corrected chi connectivity index (χ2v) is 11.6. The number of nitrogens with zero attached hydrogens (tertiary/aromatic N) is 3. The van der Waals surface area contributed by atoms with Gasteiger partial charge in [0.15, 0.2) is 11.5 Å². The van der Waals surface area contributed by atoms with E-state index in [1.54, 1.807) is 32.0 Å². The number of sulfonamides is 1. The molecule has 0 radical (unpaired) electrons. The Morgan fingerprint density at radius 2 is 1.59 bits per heavy atom. The molecule has 2 heterocycles. The number of hydrogen-bond acceptors (Lipinski definition) is 7. The molecule has 39 heavy (non-hydrogen) atoms. The van der Waals surface area contributed by atoms with Crippen molar-refractivity contribution >= 4 is 27.5 Å². The topological polar surface area (TPSA) is 117 Å². The van der Waals surface area contributed by atoms with Gasteiger partial charge in [-0.25, -0.2) is 13.3 Å². The monoisotopic (exact) mass is 545 g/mol. The minimum Gasteiger partial charge on any atom is -0.454 e. The third kappa shape index (κ3) is 4.54. The number of anilines is 1. The van der Waals surface area contributed by atoms with E-state index in [0.29, 0.717) is 33.8 Å². The standard InChI is InChI=1S/C29H27N3O6S/c1-17-11-18(2)20(4)28(19(17)3)39(35,36)31(15-22-7-10-25-26(12-22)38-16-37-25)24-13-27(33)32(29(24)34)23-8-5-21(14-30)6-9-23/h5-12,24H,13,15-16H2,1-4H3. The molecule has 0 spiro atoms. The summed E-state index contributed by atoms with van der Waals surface area (Å²) < 4.78 is 40.9. The van der Waals surface area contributed by atoms with Gasteiger partial charge in [-0.2, -0.15) is 9.57 Å². The molecule has 5 rings (SSSR count). The van der Waals surface area contributed by atoms with E-state index < -0.39 is 27.9 Å². The van der Waals surface area contributed by atoms with E-state index >= 15 is 0 Å². The van der Waals surface area contributed by atoms with Crippen molar-refractivity contribution in [3.05, 3.63) is 81.9 Å². The van der Waals surface area contributed by atoms with Crippen molar-refractivity contribution in [2.24, 2.45) is 0 Å². The fraction of sp³-hybridized carbons (Fsp3) is 0.276. The predicted octanol–water partition coefficient (Wildman–Crippen LogP) is 4.04. The van der Waals surface area contributed by atoms with Crippen LogP contribution in [-0.2, 0) is 26.2 Å². The fourth-order valence-electron chi connectivity index (χ4n) is 5.06. The highest BCUT2D eigenvalue weighted by Crippen LogP contribution is 2.37. The molecule has 2 aliphatic heterocycles. The first-order valence-electron chi connectivity index (χ1n) is 12.4. The fourth-order valence-corrected chi connectivity index (χ4v) is 7.21. The molecular weight excluding hydrogens is 518 g/mol. The third-order valence-electron chi connectivity index (χ3n) is 7.36. The summed E-state index contributed by atoms with van der Waals surface area (Å²) in [6, 6.07) is 13.8. The first-order valence-corrected chi connectivity index (χ1v) is 13.8. The second-order valence-electron chi connectivity index (χ2n) is 9.77. The largest absolute Gasteiger partial charge is 0.454 e. The van der Waals surface area contributed by atoms with Gasteiger partial charge in [0.2, 0.25) is 22.7 Å². The number of imide groups is 1. The average Bonchev–Trinajstić information content (AvgIpc) is 3.49. The smallest absolute Gasteiger partial charge is 0.252 e. The summed E-state index contributed by atoms with van der Waals surface area (Å²) in [6.45, 7) is 7.10. The molecule has 0 aromatic heterocycles. The van der Waals surface area contributed by atoms with E-state index in [9.17, 15) is 18.0 Å². The second kappa shape index (κ2) is 9.84. The number of rotatable bonds is 6. The van der Waals surface area contributed by atoms with E-state index in [0.717, 1.165) is 20.3 Å². The number of carbonyl (C=O) groups excluding carboxylic acids is 2. The van der Waals surface area contributed by atoms with Crippen LogP contribution in [0.15, 0.2) is 53.4 Å². The first kappa shape index (κ1) is 26.4. The van der Waals surface area contributed by atoms with Crippen molar-refractivity contribution < 1.29 is 27.5 Å². The van der Waals surface area contributed by atoms with E-state index in [-0.39, 0.29) is 30.3 Å². The van der Waals surface area contributed by atoms with Crippen LogP contribution in [0.4, 0.5) is 5.69 Å². The molecule has 2 amide bonds. The molecular formula is C29H27N3O6S. The molecule has 1 saturated heterocycles. The number of nitriles is 1.